The molecule has 1 aromatic rings. The van der Waals surface area contributed by atoms with Crippen molar-refractivity contribution < 1.29 is 18.0 Å². The summed E-state index contributed by atoms with van der Waals surface area (Å²) in [4.78, 5) is 22.6. The van der Waals surface area contributed by atoms with Crippen LogP contribution in [0.1, 0.15) is 25.3 Å². The number of nitrogens with zero attached hydrogens (tertiary/aromatic N) is 4. The summed E-state index contributed by atoms with van der Waals surface area (Å²) >= 11 is 0. The number of alkyl halides is 3. The number of anilines is 1. The van der Waals surface area contributed by atoms with Gasteiger partial charge in [0.05, 0.1) is 5.56 Å². The summed E-state index contributed by atoms with van der Waals surface area (Å²) in [5, 5.41) is 3.22. The van der Waals surface area contributed by atoms with Crippen LogP contribution in [0.15, 0.2) is 29.3 Å². The molecule has 0 aliphatic carbocycles. The lowest BCUT2D eigenvalue weighted by Crippen LogP contribution is -2.52. The molecule has 1 amide bonds. The highest BCUT2D eigenvalue weighted by Crippen LogP contribution is 2.31. The van der Waals surface area contributed by atoms with Crippen LogP contribution in [0, 0.1) is 0 Å². The summed E-state index contributed by atoms with van der Waals surface area (Å²) in [6, 6.07) is 5.44. The van der Waals surface area contributed by atoms with Gasteiger partial charge in [0.25, 0.3) is 0 Å². The summed E-state index contributed by atoms with van der Waals surface area (Å²) in [6.45, 7) is 6.82. The molecule has 9 heteroatoms. The molecule has 0 radical (unpaired) electrons. The average Bonchev–Trinajstić information content (AvgIpc) is 3.25. The zero-order valence-corrected chi connectivity index (χ0v) is 16.7. The molecule has 6 nitrogen and oxygen atoms in total. The van der Waals surface area contributed by atoms with E-state index in [2.05, 4.69) is 15.2 Å². The van der Waals surface area contributed by atoms with Gasteiger partial charge in [-0.1, -0.05) is 6.07 Å². The Morgan fingerprint density at radius 2 is 1.76 bits per heavy atom. The van der Waals surface area contributed by atoms with Crippen LogP contribution in [-0.4, -0.2) is 74.0 Å². The number of rotatable bonds is 4. The van der Waals surface area contributed by atoms with Crippen molar-refractivity contribution in [3.05, 3.63) is 29.8 Å². The van der Waals surface area contributed by atoms with Crippen molar-refractivity contribution in [1.82, 2.24) is 15.1 Å². The molecule has 0 aromatic heterocycles. The number of piperazine rings is 1. The lowest BCUT2D eigenvalue weighted by atomic mass is 10.1. The lowest BCUT2D eigenvalue weighted by Gasteiger charge is -2.38. The monoisotopic (exact) mass is 411 g/mol. The Bertz CT molecular complexity index is 723. The predicted molar refractivity (Wildman–Crippen MR) is 107 cm³/mol. The van der Waals surface area contributed by atoms with Crippen LogP contribution in [-0.2, 0) is 11.0 Å². The molecular weight excluding hydrogens is 383 g/mol. The number of guanidine groups is 1. The molecule has 1 aromatic carbocycles. The number of nitrogens with one attached hydrogen (secondary N) is 1. The Hall–Kier alpha value is -2.45. The summed E-state index contributed by atoms with van der Waals surface area (Å²) in [6.07, 6.45) is -2.25. The highest BCUT2D eigenvalue weighted by atomic mass is 19.4. The van der Waals surface area contributed by atoms with E-state index in [0.29, 0.717) is 44.4 Å². The van der Waals surface area contributed by atoms with E-state index in [1.165, 1.54) is 12.1 Å². The van der Waals surface area contributed by atoms with Crippen LogP contribution in [0.4, 0.5) is 18.9 Å². The molecule has 0 spiro atoms. The van der Waals surface area contributed by atoms with Gasteiger partial charge in [0.15, 0.2) is 5.96 Å². The molecule has 2 aliphatic heterocycles. The van der Waals surface area contributed by atoms with Crippen LogP contribution in [0.25, 0.3) is 0 Å². The van der Waals surface area contributed by atoms with Gasteiger partial charge in [-0.3, -0.25) is 4.79 Å². The molecule has 0 bridgehead atoms. The zero-order valence-electron chi connectivity index (χ0n) is 16.7. The minimum atomic E-state index is -4.34. The number of halogens is 3. The molecular formula is C20H28F3N5O. The molecule has 160 valence electrons. The number of carbonyl (C=O) groups is 1. The van der Waals surface area contributed by atoms with Gasteiger partial charge in [0.2, 0.25) is 5.91 Å². The highest BCUT2D eigenvalue weighted by molar-refractivity contribution is 5.85. The van der Waals surface area contributed by atoms with Crippen molar-refractivity contribution in [2.24, 2.45) is 4.99 Å². The first-order valence-electron chi connectivity index (χ1n) is 10.1. The van der Waals surface area contributed by atoms with Crippen molar-refractivity contribution in [1.29, 1.82) is 0 Å². The second kappa shape index (κ2) is 9.37. The van der Waals surface area contributed by atoms with Gasteiger partial charge in [-0.05, 0) is 38.0 Å². The van der Waals surface area contributed by atoms with Gasteiger partial charge >= 0.3 is 6.18 Å². The number of aliphatic imine (C=N–C) groups is 1. The molecule has 0 unspecified atom stereocenters. The number of amides is 1. The minimum Gasteiger partial charge on any atom is -0.368 e. The van der Waals surface area contributed by atoms with E-state index in [1.54, 1.807) is 6.07 Å². The van der Waals surface area contributed by atoms with E-state index in [4.69, 9.17) is 0 Å². The van der Waals surface area contributed by atoms with E-state index in [-0.39, 0.29) is 12.5 Å². The van der Waals surface area contributed by atoms with Crippen molar-refractivity contribution in [3.63, 3.8) is 0 Å². The lowest BCUT2D eigenvalue weighted by molar-refractivity contribution is -0.137. The molecule has 1 N–H and O–H groups in total. The minimum absolute atomic E-state index is 0.0421. The number of carbonyl (C=O) groups excluding carboxylic acids is 1. The van der Waals surface area contributed by atoms with Gasteiger partial charge in [-0.25, -0.2) is 4.99 Å². The molecule has 2 heterocycles. The number of likely N-dealkylation sites (tertiary alicyclic amines) is 1. The first kappa shape index (κ1) is 21.3. The Balaban J connectivity index is 1.60. The van der Waals surface area contributed by atoms with E-state index < -0.39 is 11.7 Å². The van der Waals surface area contributed by atoms with Crippen LogP contribution in [0.2, 0.25) is 0 Å². The van der Waals surface area contributed by atoms with Crippen LogP contribution >= 0.6 is 0 Å². The van der Waals surface area contributed by atoms with Gasteiger partial charge in [0.1, 0.15) is 6.54 Å². The second-order valence-corrected chi connectivity index (χ2v) is 7.28. The third-order valence-corrected chi connectivity index (χ3v) is 5.28. The van der Waals surface area contributed by atoms with Crippen molar-refractivity contribution in [2.75, 3.05) is 57.3 Å². The summed E-state index contributed by atoms with van der Waals surface area (Å²) in [5.41, 5.74) is -0.0571. The number of benzene rings is 1. The highest BCUT2D eigenvalue weighted by Gasteiger charge is 2.31. The first-order chi connectivity index (χ1) is 13.9. The van der Waals surface area contributed by atoms with Gasteiger partial charge < -0.3 is 20.0 Å². The molecule has 0 saturated carbocycles. The zero-order chi connectivity index (χ0) is 20.9. The molecule has 2 fully saturated rings. The number of hydrogen-bond donors (Lipinski definition) is 1. The predicted octanol–water partition coefficient (Wildman–Crippen LogP) is 2.42. The maximum Gasteiger partial charge on any atom is 0.416 e. The molecule has 0 atom stereocenters. The Kier molecular flexibility index (Phi) is 6.87. The van der Waals surface area contributed by atoms with E-state index in [9.17, 15) is 18.0 Å². The summed E-state index contributed by atoms with van der Waals surface area (Å²) in [7, 11) is 0. The quantitative estimate of drug-likeness (QED) is 0.611. The van der Waals surface area contributed by atoms with Crippen molar-refractivity contribution in [2.45, 2.75) is 25.9 Å². The van der Waals surface area contributed by atoms with Crippen molar-refractivity contribution in [3.8, 4) is 0 Å². The third kappa shape index (κ3) is 5.55. The topological polar surface area (TPSA) is 51.2 Å². The van der Waals surface area contributed by atoms with E-state index >= 15 is 0 Å². The molecule has 3 rings (SSSR count). The number of hydrogen-bond acceptors (Lipinski definition) is 3. The maximum absolute atomic E-state index is 13.0. The smallest absolute Gasteiger partial charge is 0.368 e. The van der Waals surface area contributed by atoms with Crippen LogP contribution in [0.5, 0.6) is 0 Å². The fraction of sp³-hybridized carbons (Fsp3) is 0.600. The third-order valence-electron chi connectivity index (χ3n) is 5.28. The summed E-state index contributed by atoms with van der Waals surface area (Å²) in [5.74, 6) is 0.726. The Labute approximate surface area is 169 Å². The fourth-order valence-electron chi connectivity index (χ4n) is 3.69. The van der Waals surface area contributed by atoms with Crippen molar-refractivity contribution >= 4 is 17.6 Å². The normalized spacial score (nSPS) is 18.3. The summed E-state index contributed by atoms with van der Waals surface area (Å²) < 4.78 is 38.9. The van der Waals surface area contributed by atoms with Crippen LogP contribution in [0.3, 0.4) is 0 Å². The standard InChI is InChI=1S/C20H28F3N5O/c1-2-24-19(25-15-18(29)27-8-3-4-9-27)28-12-10-26(11-13-28)17-7-5-6-16(14-17)20(21,22)23/h5-7,14H,2-4,8-13,15H2,1H3,(H,24,25). The van der Waals surface area contributed by atoms with Gasteiger partial charge in [-0.15, -0.1) is 0 Å². The molecule has 29 heavy (non-hydrogen) atoms. The Morgan fingerprint density at radius 3 is 2.38 bits per heavy atom. The molecule has 2 aliphatic rings. The Morgan fingerprint density at radius 1 is 1.07 bits per heavy atom. The maximum atomic E-state index is 13.0. The second-order valence-electron chi connectivity index (χ2n) is 7.28. The van der Waals surface area contributed by atoms with E-state index in [0.717, 1.165) is 32.0 Å². The first-order valence-corrected chi connectivity index (χ1v) is 10.1. The van der Waals surface area contributed by atoms with Gasteiger partial charge in [0, 0.05) is 51.5 Å². The SMILES string of the molecule is CCNC(=NCC(=O)N1CCCC1)N1CCN(c2cccc(C(F)(F)F)c2)CC1. The molecule has 2 saturated heterocycles. The van der Waals surface area contributed by atoms with Crippen LogP contribution < -0.4 is 10.2 Å². The fourth-order valence-corrected chi connectivity index (χ4v) is 3.69. The average molecular weight is 411 g/mol. The van der Waals surface area contributed by atoms with E-state index in [1.807, 2.05) is 16.7 Å². The largest absolute Gasteiger partial charge is 0.416 e. The van der Waals surface area contributed by atoms with Gasteiger partial charge in [-0.2, -0.15) is 13.2 Å².